The third-order valence-corrected chi connectivity index (χ3v) is 3.01. The highest BCUT2D eigenvalue weighted by atomic mass is 16.6. The van der Waals surface area contributed by atoms with Crippen LogP contribution in [0.3, 0.4) is 0 Å². The van der Waals surface area contributed by atoms with E-state index in [0.717, 1.165) is 0 Å². The summed E-state index contributed by atoms with van der Waals surface area (Å²) < 4.78 is 5.28. The first-order valence-electron chi connectivity index (χ1n) is 6.56. The Bertz CT molecular complexity index is 341. The molecule has 6 nitrogen and oxygen atoms in total. The summed E-state index contributed by atoms with van der Waals surface area (Å²) in [6, 6.07) is 0. The Labute approximate surface area is 114 Å². The molecule has 0 aromatic heterocycles. The Morgan fingerprint density at radius 3 is 2.26 bits per heavy atom. The minimum Gasteiger partial charge on any atom is -0.444 e. The highest BCUT2D eigenvalue weighted by molar-refractivity contribution is 5.72. The van der Waals surface area contributed by atoms with Gasteiger partial charge in [0, 0.05) is 26.6 Å². The van der Waals surface area contributed by atoms with Crippen molar-refractivity contribution in [1.82, 2.24) is 10.2 Å². The first-order valence-corrected chi connectivity index (χ1v) is 6.56. The Hall–Kier alpha value is -1.30. The molecule has 2 amide bonds. The molecule has 0 bridgehead atoms. The molecule has 0 aromatic rings. The van der Waals surface area contributed by atoms with Gasteiger partial charge in [-0.25, -0.2) is 4.79 Å². The average Bonchev–Trinajstić information content (AvgIpc) is 2.25. The maximum absolute atomic E-state index is 11.8. The number of likely N-dealkylation sites (tertiary alicyclic amines) is 1. The van der Waals surface area contributed by atoms with E-state index >= 15 is 0 Å². The van der Waals surface area contributed by atoms with Crippen LogP contribution in [0.15, 0.2) is 0 Å². The van der Waals surface area contributed by atoms with E-state index in [1.807, 2.05) is 20.8 Å². The lowest BCUT2D eigenvalue weighted by molar-refractivity contribution is -0.120. The lowest BCUT2D eigenvalue weighted by Gasteiger charge is -2.38. The van der Waals surface area contributed by atoms with Gasteiger partial charge in [-0.2, -0.15) is 0 Å². The van der Waals surface area contributed by atoms with Crippen LogP contribution in [-0.4, -0.2) is 52.8 Å². The molecule has 1 saturated heterocycles. The van der Waals surface area contributed by atoms with Crippen molar-refractivity contribution in [1.29, 1.82) is 0 Å². The van der Waals surface area contributed by atoms with Crippen molar-refractivity contribution in [2.24, 2.45) is 0 Å². The predicted octanol–water partition coefficient (Wildman–Crippen LogP) is 0.884. The second kappa shape index (κ2) is 5.77. The Balaban J connectivity index is 2.44. The SMILES string of the molecule is CC(=O)NCC1(O)CCN(C(=O)OC(C)(C)C)CC1. The van der Waals surface area contributed by atoms with Crippen molar-refractivity contribution < 1.29 is 19.4 Å². The summed E-state index contributed by atoms with van der Waals surface area (Å²) in [7, 11) is 0. The summed E-state index contributed by atoms with van der Waals surface area (Å²) >= 11 is 0. The van der Waals surface area contributed by atoms with Crippen LogP contribution in [-0.2, 0) is 9.53 Å². The number of aliphatic hydroxyl groups is 1. The zero-order valence-electron chi connectivity index (χ0n) is 12.2. The molecule has 6 heteroatoms. The van der Waals surface area contributed by atoms with Crippen LogP contribution in [0.4, 0.5) is 4.79 Å². The van der Waals surface area contributed by atoms with Crippen LogP contribution in [0.25, 0.3) is 0 Å². The van der Waals surface area contributed by atoms with Crippen LogP contribution in [0.2, 0.25) is 0 Å². The number of carbonyl (C=O) groups excluding carboxylic acids is 2. The zero-order valence-corrected chi connectivity index (χ0v) is 12.2. The summed E-state index contributed by atoms with van der Waals surface area (Å²) in [6.07, 6.45) is 0.521. The quantitative estimate of drug-likeness (QED) is 0.782. The number of carbonyl (C=O) groups is 2. The predicted molar refractivity (Wildman–Crippen MR) is 70.7 cm³/mol. The minimum absolute atomic E-state index is 0.164. The molecule has 19 heavy (non-hydrogen) atoms. The van der Waals surface area contributed by atoms with Gasteiger partial charge >= 0.3 is 6.09 Å². The van der Waals surface area contributed by atoms with E-state index < -0.39 is 11.2 Å². The fraction of sp³-hybridized carbons (Fsp3) is 0.846. The molecule has 0 saturated carbocycles. The van der Waals surface area contributed by atoms with E-state index in [1.54, 1.807) is 4.90 Å². The normalized spacial score (nSPS) is 18.9. The van der Waals surface area contributed by atoms with Gasteiger partial charge < -0.3 is 20.1 Å². The van der Waals surface area contributed by atoms with Crippen molar-refractivity contribution in [2.75, 3.05) is 19.6 Å². The van der Waals surface area contributed by atoms with Crippen LogP contribution >= 0.6 is 0 Å². The van der Waals surface area contributed by atoms with Gasteiger partial charge in [0.15, 0.2) is 0 Å². The van der Waals surface area contributed by atoms with Crippen molar-refractivity contribution in [2.45, 2.75) is 51.7 Å². The number of rotatable bonds is 2. The Morgan fingerprint density at radius 1 is 1.32 bits per heavy atom. The molecular weight excluding hydrogens is 248 g/mol. The fourth-order valence-corrected chi connectivity index (χ4v) is 1.90. The highest BCUT2D eigenvalue weighted by Gasteiger charge is 2.35. The van der Waals surface area contributed by atoms with E-state index in [1.165, 1.54) is 6.92 Å². The van der Waals surface area contributed by atoms with Gasteiger partial charge in [0.1, 0.15) is 5.60 Å². The number of nitrogens with one attached hydrogen (secondary N) is 1. The average molecular weight is 272 g/mol. The summed E-state index contributed by atoms with van der Waals surface area (Å²) in [5.41, 5.74) is -1.44. The minimum atomic E-state index is -0.926. The molecule has 0 radical (unpaired) electrons. The molecule has 0 aliphatic carbocycles. The number of piperidine rings is 1. The van der Waals surface area contributed by atoms with Crippen LogP contribution in [0.5, 0.6) is 0 Å². The molecule has 0 atom stereocenters. The first kappa shape index (κ1) is 15.8. The van der Waals surface area contributed by atoms with Gasteiger partial charge in [0.05, 0.1) is 5.60 Å². The number of ether oxygens (including phenoxy) is 1. The molecule has 0 aromatic carbocycles. The van der Waals surface area contributed by atoms with E-state index in [-0.39, 0.29) is 18.5 Å². The molecule has 110 valence electrons. The van der Waals surface area contributed by atoms with Crippen molar-refractivity contribution in [3.8, 4) is 0 Å². The molecule has 1 fully saturated rings. The molecule has 1 heterocycles. The number of nitrogens with zero attached hydrogens (tertiary/aromatic N) is 1. The number of hydrogen-bond donors (Lipinski definition) is 2. The second-order valence-electron chi connectivity index (χ2n) is 6.10. The van der Waals surface area contributed by atoms with Crippen molar-refractivity contribution in [3.05, 3.63) is 0 Å². The van der Waals surface area contributed by atoms with E-state index in [4.69, 9.17) is 4.74 Å². The van der Waals surface area contributed by atoms with Gasteiger partial charge in [-0.05, 0) is 33.6 Å². The van der Waals surface area contributed by atoms with Crippen LogP contribution < -0.4 is 5.32 Å². The smallest absolute Gasteiger partial charge is 0.410 e. The molecule has 1 aliphatic heterocycles. The highest BCUT2D eigenvalue weighted by Crippen LogP contribution is 2.23. The third-order valence-electron chi connectivity index (χ3n) is 3.01. The molecule has 1 aliphatic rings. The van der Waals surface area contributed by atoms with Gasteiger partial charge in [-0.1, -0.05) is 0 Å². The Kier molecular flexibility index (Phi) is 4.79. The first-order chi connectivity index (χ1) is 8.61. The van der Waals surface area contributed by atoms with E-state index in [9.17, 15) is 14.7 Å². The maximum atomic E-state index is 11.8. The molecule has 1 rings (SSSR count). The molecule has 0 unspecified atom stereocenters. The van der Waals surface area contributed by atoms with Crippen LogP contribution in [0.1, 0.15) is 40.5 Å². The summed E-state index contributed by atoms with van der Waals surface area (Å²) in [5.74, 6) is -0.164. The largest absolute Gasteiger partial charge is 0.444 e. The maximum Gasteiger partial charge on any atom is 0.410 e. The molecular formula is C13H24N2O4. The van der Waals surface area contributed by atoms with Crippen molar-refractivity contribution >= 4 is 12.0 Å². The zero-order chi connectivity index (χ0) is 14.7. The third kappa shape index (κ3) is 5.46. The molecule has 0 spiro atoms. The van der Waals surface area contributed by atoms with Crippen molar-refractivity contribution in [3.63, 3.8) is 0 Å². The number of hydrogen-bond acceptors (Lipinski definition) is 4. The van der Waals surface area contributed by atoms with E-state index in [2.05, 4.69) is 5.32 Å². The number of amides is 2. The monoisotopic (exact) mass is 272 g/mol. The summed E-state index contributed by atoms with van der Waals surface area (Å²) in [5, 5.41) is 12.9. The second-order valence-corrected chi connectivity index (χ2v) is 6.10. The van der Waals surface area contributed by atoms with Gasteiger partial charge in [0.25, 0.3) is 0 Å². The van der Waals surface area contributed by atoms with Gasteiger partial charge in [0.2, 0.25) is 5.91 Å². The lowest BCUT2D eigenvalue weighted by atomic mass is 9.91. The topological polar surface area (TPSA) is 78.9 Å². The Morgan fingerprint density at radius 2 is 1.84 bits per heavy atom. The standard InChI is InChI=1S/C13H24N2O4/c1-10(16)14-9-13(18)5-7-15(8-6-13)11(17)19-12(2,3)4/h18H,5-9H2,1-4H3,(H,14,16). The summed E-state index contributed by atoms with van der Waals surface area (Å²) in [4.78, 5) is 24.3. The lowest BCUT2D eigenvalue weighted by Crippen LogP contribution is -2.52. The summed E-state index contributed by atoms with van der Waals surface area (Å²) in [6.45, 7) is 7.98. The molecule has 2 N–H and O–H groups in total. The fourth-order valence-electron chi connectivity index (χ4n) is 1.90. The van der Waals surface area contributed by atoms with Gasteiger partial charge in [-0.3, -0.25) is 4.79 Å². The van der Waals surface area contributed by atoms with E-state index in [0.29, 0.717) is 25.9 Å². The van der Waals surface area contributed by atoms with Crippen LogP contribution in [0, 0.1) is 0 Å². The van der Waals surface area contributed by atoms with Gasteiger partial charge in [-0.15, -0.1) is 0 Å².